The van der Waals surface area contributed by atoms with Crippen LogP contribution in [0, 0.1) is 0 Å². The Labute approximate surface area is 200 Å². The zero-order chi connectivity index (χ0) is 24.6. The van der Waals surface area contributed by atoms with E-state index < -0.39 is 12.1 Å². The minimum Gasteiger partial charge on any atom is -0.508 e. The van der Waals surface area contributed by atoms with Crippen LogP contribution in [0.1, 0.15) is 48.5 Å². The van der Waals surface area contributed by atoms with Crippen molar-refractivity contribution in [3.05, 3.63) is 59.2 Å². The van der Waals surface area contributed by atoms with E-state index in [1.165, 1.54) is 6.07 Å². The minimum atomic E-state index is -0.683. The molecular weight excluding hydrogens is 438 g/mol. The Kier molecular flexibility index (Phi) is 13.0. The number of ether oxygens (including phenoxy) is 2. The van der Waals surface area contributed by atoms with Crippen molar-refractivity contribution in [2.24, 2.45) is 5.73 Å². The van der Waals surface area contributed by atoms with Crippen LogP contribution in [0.4, 0.5) is 10.5 Å². The van der Waals surface area contributed by atoms with Crippen molar-refractivity contribution in [1.82, 2.24) is 5.32 Å². The Bertz CT molecular complexity index is 864. The average Bonchev–Trinajstić information content (AvgIpc) is 2.82. The smallest absolute Gasteiger partial charge is 0.316 e. The number of unbranched alkanes of at least 4 members (excludes halogenated alkanes) is 3. The maximum absolute atomic E-state index is 10.9. The number of primary amides is 1. The number of aromatic hydroxyl groups is 1. The molecule has 0 spiro atoms. The highest BCUT2D eigenvalue weighted by atomic mass is 16.5. The molecule has 0 heterocycles. The third-order valence-corrected chi connectivity index (χ3v) is 5.22. The Morgan fingerprint density at radius 3 is 2.59 bits per heavy atom. The van der Waals surface area contributed by atoms with Gasteiger partial charge in [0, 0.05) is 24.4 Å². The van der Waals surface area contributed by atoms with Crippen molar-refractivity contribution in [2.45, 2.75) is 45.0 Å². The number of carbonyl (C=O) groups excluding carboxylic acids is 1. The van der Waals surface area contributed by atoms with Gasteiger partial charge in [-0.25, -0.2) is 4.79 Å². The maximum Gasteiger partial charge on any atom is 0.316 e. The fourth-order valence-electron chi connectivity index (χ4n) is 3.39. The molecule has 2 amide bonds. The monoisotopic (exact) mass is 475 g/mol. The van der Waals surface area contributed by atoms with Gasteiger partial charge < -0.3 is 41.2 Å². The number of urea groups is 1. The number of amides is 2. The predicted octanol–water partition coefficient (Wildman–Crippen LogP) is 2.79. The lowest BCUT2D eigenvalue weighted by Gasteiger charge is -2.14. The highest BCUT2D eigenvalue weighted by Gasteiger charge is 2.09. The fraction of sp³-hybridized carbons (Fsp3) is 0.480. The van der Waals surface area contributed by atoms with Crippen molar-refractivity contribution in [3.8, 4) is 5.75 Å². The van der Waals surface area contributed by atoms with E-state index in [1.54, 1.807) is 18.2 Å². The molecule has 2 aromatic carbocycles. The van der Waals surface area contributed by atoms with E-state index in [4.69, 9.17) is 15.2 Å². The molecule has 0 bridgehead atoms. The summed E-state index contributed by atoms with van der Waals surface area (Å²) in [6, 6.07) is 11.5. The third-order valence-electron chi connectivity index (χ3n) is 5.22. The van der Waals surface area contributed by atoms with Crippen molar-refractivity contribution >= 4 is 11.7 Å². The summed E-state index contributed by atoms with van der Waals surface area (Å²) < 4.78 is 11.2. The van der Waals surface area contributed by atoms with Crippen molar-refractivity contribution in [1.29, 1.82) is 0 Å². The van der Waals surface area contributed by atoms with Crippen LogP contribution in [-0.2, 0) is 22.7 Å². The van der Waals surface area contributed by atoms with Gasteiger partial charge in [0.15, 0.2) is 0 Å². The number of anilines is 1. The molecule has 9 nitrogen and oxygen atoms in total. The Morgan fingerprint density at radius 2 is 1.79 bits per heavy atom. The number of rotatable bonds is 17. The number of aliphatic hydroxyl groups is 2. The summed E-state index contributed by atoms with van der Waals surface area (Å²) in [7, 11) is 0. The van der Waals surface area contributed by atoms with Crippen LogP contribution in [-0.4, -0.2) is 54.3 Å². The van der Waals surface area contributed by atoms with Gasteiger partial charge in [0.25, 0.3) is 0 Å². The highest BCUT2D eigenvalue weighted by Crippen LogP contribution is 2.22. The second-order valence-electron chi connectivity index (χ2n) is 8.03. The molecular formula is C25H37N3O6. The van der Waals surface area contributed by atoms with Crippen LogP contribution in [0.2, 0.25) is 0 Å². The molecule has 9 heteroatoms. The van der Waals surface area contributed by atoms with Gasteiger partial charge in [-0.2, -0.15) is 0 Å². The first-order chi connectivity index (χ1) is 16.5. The van der Waals surface area contributed by atoms with E-state index in [2.05, 4.69) is 10.6 Å². The van der Waals surface area contributed by atoms with E-state index in [0.717, 1.165) is 37.8 Å². The van der Waals surface area contributed by atoms with Gasteiger partial charge in [-0.1, -0.05) is 31.0 Å². The Hall–Kier alpha value is -2.69. The van der Waals surface area contributed by atoms with Crippen molar-refractivity contribution < 1.29 is 29.6 Å². The van der Waals surface area contributed by atoms with Crippen LogP contribution >= 0.6 is 0 Å². The van der Waals surface area contributed by atoms with E-state index in [1.807, 2.05) is 18.2 Å². The molecule has 0 saturated heterocycles. The number of carbonyl (C=O) groups is 1. The summed E-state index contributed by atoms with van der Waals surface area (Å²) >= 11 is 0. The van der Waals surface area contributed by atoms with Crippen LogP contribution < -0.4 is 16.4 Å². The molecule has 7 N–H and O–H groups in total. The largest absolute Gasteiger partial charge is 0.508 e. The summed E-state index contributed by atoms with van der Waals surface area (Å²) in [6.07, 6.45) is 3.46. The van der Waals surface area contributed by atoms with E-state index in [9.17, 15) is 20.1 Å². The molecule has 188 valence electrons. The second kappa shape index (κ2) is 16.0. The quantitative estimate of drug-likeness (QED) is 0.193. The van der Waals surface area contributed by atoms with Gasteiger partial charge in [-0.3, -0.25) is 0 Å². The summed E-state index contributed by atoms with van der Waals surface area (Å²) in [5, 5.41) is 34.8. The van der Waals surface area contributed by atoms with Crippen LogP contribution in [0.25, 0.3) is 0 Å². The predicted molar refractivity (Wildman–Crippen MR) is 130 cm³/mol. The maximum atomic E-state index is 10.9. The van der Waals surface area contributed by atoms with E-state index in [0.29, 0.717) is 49.8 Å². The van der Waals surface area contributed by atoms with E-state index >= 15 is 0 Å². The molecule has 0 aliphatic heterocycles. The molecule has 2 aromatic rings. The molecule has 0 fully saturated rings. The zero-order valence-corrected chi connectivity index (χ0v) is 19.5. The van der Waals surface area contributed by atoms with Gasteiger partial charge >= 0.3 is 6.03 Å². The Balaban J connectivity index is 1.41. The summed E-state index contributed by atoms with van der Waals surface area (Å²) in [5.41, 5.74) is 7.79. The first-order valence-corrected chi connectivity index (χ1v) is 11.6. The lowest BCUT2D eigenvalue weighted by atomic mass is 10.1. The van der Waals surface area contributed by atoms with Gasteiger partial charge in [0.05, 0.1) is 32.5 Å². The van der Waals surface area contributed by atoms with Gasteiger partial charge in [-0.15, -0.1) is 0 Å². The molecule has 34 heavy (non-hydrogen) atoms. The Morgan fingerprint density at radius 1 is 1.00 bits per heavy atom. The number of nitrogens with two attached hydrogens (primary N) is 1. The second-order valence-corrected chi connectivity index (χ2v) is 8.03. The topological polar surface area (TPSA) is 146 Å². The fourth-order valence-corrected chi connectivity index (χ4v) is 3.39. The standard InChI is InChI=1S/C25H37N3O6/c26-25(32)28-22-7-5-6-19(14-22)18-34-13-12-33-11-4-2-1-3-10-27-16-24(31)20-8-9-23(30)21(15-20)17-29/h5-9,14-15,24,27,29-31H,1-4,10-13,16-18H2,(H3,26,28,32)/t24-/m1/s1. The van der Waals surface area contributed by atoms with Crippen molar-refractivity contribution in [3.63, 3.8) is 0 Å². The molecule has 0 aliphatic carbocycles. The number of benzene rings is 2. The number of aliphatic hydroxyl groups excluding tert-OH is 2. The summed E-state index contributed by atoms with van der Waals surface area (Å²) in [4.78, 5) is 10.9. The molecule has 0 saturated carbocycles. The molecule has 0 radical (unpaired) electrons. The molecule has 1 atom stereocenters. The number of hydrogen-bond donors (Lipinski definition) is 6. The zero-order valence-electron chi connectivity index (χ0n) is 19.5. The number of phenols is 1. The normalized spacial score (nSPS) is 11.9. The third kappa shape index (κ3) is 11.0. The molecule has 2 rings (SSSR count). The first kappa shape index (κ1) is 27.6. The molecule has 0 aromatic heterocycles. The summed E-state index contributed by atoms with van der Waals surface area (Å²) in [6.45, 7) is 3.14. The van der Waals surface area contributed by atoms with Crippen LogP contribution in [0.5, 0.6) is 5.75 Å². The minimum absolute atomic E-state index is 0.0321. The lowest BCUT2D eigenvalue weighted by molar-refractivity contribution is 0.0393. The van der Waals surface area contributed by atoms with Gasteiger partial charge in [0.1, 0.15) is 5.75 Å². The molecule has 0 aliphatic rings. The summed E-state index contributed by atoms with van der Waals surface area (Å²) in [5.74, 6) is 0.0321. The van der Waals surface area contributed by atoms with Crippen LogP contribution in [0.15, 0.2) is 42.5 Å². The van der Waals surface area contributed by atoms with Gasteiger partial charge in [-0.05, 0) is 54.8 Å². The number of hydrogen-bond acceptors (Lipinski definition) is 7. The van der Waals surface area contributed by atoms with Gasteiger partial charge in [0.2, 0.25) is 0 Å². The first-order valence-electron chi connectivity index (χ1n) is 11.6. The number of nitrogens with one attached hydrogen (secondary N) is 2. The van der Waals surface area contributed by atoms with Crippen molar-refractivity contribution in [2.75, 3.05) is 38.2 Å². The highest BCUT2D eigenvalue weighted by molar-refractivity contribution is 5.87. The lowest BCUT2D eigenvalue weighted by Crippen LogP contribution is -2.22. The van der Waals surface area contributed by atoms with E-state index in [-0.39, 0.29) is 12.4 Å². The SMILES string of the molecule is NC(=O)Nc1cccc(COCCOCCCCCCNC[C@@H](O)c2ccc(O)c(CO)c2)c1. The average molecular weight is 476 g/mol. The molecule has 0 unspecified atom stereocenters. The van der Waals surface area contributed by atoms with Crippen LogP contribution in [0.3, 0.4) is 0 Å².